The van der Waals surface area contributed by atoms with E-state index in [2.05, 4.69) is 5.32 Å². The van der Waals surface area contributed by atoms with Crippen LogP contribution in [0, 0.1) is 5.82 Å². The third-order valence-corrected chi connectivity index (χ3v) is 9.26. The minimum Gasteiger partial charge on any atom is -0.454 e. The van der Waals surface area contributed by atoms with E-state index in [1.807, 2.05) is 30.3 Å². The number of hydrogen-bond donors (Lipinski definition) is 1. The second kappa shape index (κ2) is 14.1. The van der Waals surface area contributed by atoms with Gasteiger partial charge < -0.3 is 19.7 Å². The molecule has 2 aliphatic rings. The Morgan fingerprint density at radius 3 is 2.41 bits per heavy atom. The van der Waals surface area contributed by atoms with Crippen molar-refractivity contribution in [2.24, 2.45) is 0 Å². The number of carbonyl (C=O) groups is 2. The lowest BCUT2D eigenvalue weighted by molar-refractivity contribution is -0.141. The largest absolute Gasteiger partial charge is 0.454 e. The van der Waals surface area contributed by atoms with Crippen LogP contribution in [0.15, 0.2) is 72.8 Å². The van der Waals surface area contributed by atoms with Crippen molar-refractivity contribution in [2.45, 2.75) is 63.6 Å². The number of rotatable bonds is 13. The Balaban J connectivity index is 1.38. The molecule has 0 unspecified atom stereocenters. The van der Waals surface area contributed by atoms with E-state index in [1.54, 1.807) is 36.4 Å². The molecule has 0 radical (unpaired) electrons. The maximum absolute atomic E-state index is 14.9. The molecule has 3 aromatic rings. The van der Waals surface area contributed by atoms with E-state index >= 15 is 0 Å². The van der Waals surface area contributed by atoms with Gasteiger partial charge in [-0.2, -0.15) is 0 Å². The van der Waals surface area contributed by atoms with E-state index in [9.17, 15) is 22.4 Å². The van der Waals surface area contributed by atoms with Crippen LogP contribution in [0.2, 0.25) is 0 Å². The van der Waals surface area contributed by atoms with Crippen molar-refractivity contribution in [1.82, 2.24) is 10.2 Å². The molecule has 0 aromatic heterocycles. The number of fused-ring (bicyclic) bond motifs is 1. The van der Waals surface area contributed by atoms with Crippen molar-refractivity contribution >= 4 is 27.5 Å². The van der Waals surface area contributed by atoms with Gasteiger partial charge in [-0.1, -0.05) is 61.4 Å². The molecule has 234 valence electrons. The Hall–Kier alpha value is -4.12. The second-order valence-electron chi connectivity index (χ2n) is 11.3. The molecule has 1 atom stereocenters. The highest BCUT2D eigenvalue weighted by Gasteiger charge is 2.33. The Kier molecular flexibility index (Phi) is 10.0. The summed E-state index contributed by atoms with van der Waals surface area (Å²) >= 11 is 0. The van der Waals surface area contributed by atoms with Crippen molar-refractivity contribution in [3.8, 4) is 11.5 Å². The number of hydrogen-bond acceptors (Lipinski definition) is 6. The Bertz CT molecular complexity index is 1560. The molecule has 0 spiro atoms. The summed E-state index contributed by atoms with van der Waals surface area (Å²) in [7, 11) is -3.69. The van der Waals surface area contributed by atoms with Gasteiger partial charge in [0.2, 0.25) is 28.6 Å². The number of carbonyl (C=O) groups excluding carboxylic acids is 2. The van der Waals surface area contributed by atoms with Gasteiger partial charge in [0.1, 0.15) is 11.9 Å². The molecular weight excluding hydrogens is 585 g/mol. The van der Waals surface area contributed by atoms with Crippen molar-refractivity contribution in [3.05, 3.63) is 89.7 Å². The monoisotopic (exact) mass is 623 g/mol. The summed E-state index contributed by atoms with van der Waals surface area (Å²) in [5, 5.41) is 3.13. The molecule has 0 saturated heterocycles. The van der Waals surface area contributed by atoms with Crippen LogP contribution in [-0.4, -0.2) is 56.8 Å². The summed E-state index contributed by atoms with van der Waals surface area (Å²) in [4.78, 5) is 29.2. The Morgan fingerprint density at radius 1 is 0.977 bits per heavy atom. The normalized spacial score (nSPS) is 15.1. The van der Waals surface area contributed by atoms with E-state index in [0.29, 0.717) is 22.7 Å². The van der Waals surface area contributed by atoms with Gasteiger partial charge in [0.05, 0.1) is 11.9 Å². The molecule has 1 fully saturated rings. The highest BCUT2D eigenvalue weighted by atomic mass is 32.2. The smallest absolute Gasteiger partial charge is 0.243 e. The lowest BCUT2D eigenvalue weighted by atomic mass is 10.0. The molecule has 1 N–H and O–H groups in total. The molecule has 3 aromatic carbocycles. The standard InChI is InChI=1S/C33H38FN3O6S/c1-44(40,41)37(27-17-18-30-31(21-27)43-23-42-30)19-9-16-32(38)36(22-25-12-5-8-15-28(25)34)29(20-24-10-3-2-4-11-24)33(39)35-26-13-6-7-14-26/h2-5,8,10-12,15,17-18,21,26,29H,6-7,9,13-14,16,19-20,22-23H2,1H3,(H,35,39)/t29-/m0/s1. The fourth-order valence-corrected chi connectivity index (χ4v) is 6.73. The van der Waals surface area contributed by atoms with E-state index in [-0.39, 0.29) is 57.0 Å². The van der Waals surface area contributed by atoms with Crippen molar-refractivity contribution in [1.29, 1.82) is 0 Å². The molecule has 5 rings (SSSR count). The van der Waals surface area contributed by atoms with E-state index in [4.69, 9.17) is 9.47 Å². The second-order valence-corrected chi connectivity index (χ2v) is 13.2. The zero-order chi connectivity index (χ0) is 31.1. The van der Waals surface area contributed by atoms with Crippen LogP contribution in [0.5, 0.6) is 11.5 Å². The zero-order valence-electron chi connectivity index (χ0n) is 24.8. The molecule has 44 heavy (non-hydrogen) atoms. The molecule has 9 nitrogen and oxygen atoms in total. The predicted molar refractivity (Wildman–Crippen MR) is 165 cm³/mol. The SMILES string of the molecule is CS(=O)(=O)N(CCCC(=O)N(Cc1ccccc1F)[C@@H](Cc1ccccc1)C(=O)NC1CCCC1)c1ccc2c(c1)OCO2. The van der Waals surface area contributed by atoms with Gasteiger partial charge in [-0.25, -0.2) is 12.8 Å². The highest BCUT2D eigenvalue weighted by Crippen LogP contribution is 2.36. The van der Waals surface area contributed by atoms with Crippen LogP contribution in [0.3, 0.4) is 0 Å². The minimum absolute atomic E-state index is 0.0232. The average Bonchev–Trinajstić information content (AvgIpc) is 3.69. The summed E-state index contributed by atoms with van der Waals surface area (Å²) < 4.78 is 52.3. The van der Waals surface area contributed by atoms with Crippen LogP contribution in [0.4, 0.5) is 10.1 Å². The molecule has 0 bridgehead atoms. The van der Waals surface area contributed by atoms with E-state index in [1.165, 1.54) is 15.3 Å². The Morgan fingerprint density at radius 2 is 1.68 bits per heavy atom. The molecule has 1 saturated carbocycles. The summed E-state index contributed by atoms with van der Waals surface area (Å²) in [5.74, 6) is -0.133. The summed E-state index contributed by atoms with van der Waals surface area (Å²) in [5.41, 5.74) is 1.56. The molecule has 2 amide bonds. The lowest BCUT2D eigenvalue weighted by Gasteiger charge is -2.33. The van der Waals surface area contributed by atoms with Gasteiger partial charge in [0.25, 0.3) is 0 Å². The molecular formula is C33H38FN3O6S. The average molecular weight is 624 g/mol. The van der Waals surface area contributed by atoms with Crippen molar-refractivity contribution < 1.29 is 31.9 Å². The third kappa shape index (κ3) is 7.88. The number of amides is 2. The number of anilines is 1. The number of halogens is 1. The van der Waals surface area contributed by atoms with Crippen molar-refractivity contribution in [2.75, 3.05) is 23.9 Å². The first-order chi connectivity index (χ1) is 21.2. The van der Waals surface area contributed by atoms with Gasteiger partial charge in [-0.05, 0) is 43.0 Å². The summed E-state index contributed by atoms with van der Waals surface area (Å²) in [6.07, 6.45) is 5.32. The maximum Gasteiger partial charge on any atom is 0.243 e. The molecule has 11 heteroatoms. The topological polar surface area (TPSA) is 105 Å². The number of benzene rings is 3. The van der Waals surface area contributed by atoms with Gasteiger partial charge in [0, 0.05) is 43.6 Å². The van der Waals surface area contributed by atoms with E-state index < -0.39 is 21.9 Å². The summed E-state index contributed by atoms with van der Waals surface area (Å²) in [6, 6.07) is 19.7. The van der Waals surface area contributed by atoms with Gasteiger partial charge in [-0.15, -0.1) is 0 Å². The predicted octanol–water partition coefficient (Wildman–Crippen LogP) is 4.80. The zero-order valence-corrected chi connectivity index (χ0v) is 25.6. The number of nitrogens with zero attached hydrogens (tertiary/aromatic N) is 2. The summed E-state index contributed by atoms with van der Waals surface area (Å²) in [6.45, 7) is -0.0170. The first-order valence-electron chi connectivity index (χ1n) is 14.9. The number of ether oxygens (including phenoxy) is 2. The van der Waals surface area contributed by atoms with Crippen LogP contribution in [0.25, 0.3) is 0 Å². The molecule has 1 aliphatic heterocycles. The molecule has 1 heterocycles. The third-order valence-electron chi connectivity index (χ3n) is 8.07. The van der Waals surface area contributed by atoms with Crippen LogP contribution >= 0.6 is 0 Å². The Labute approximate surface area is 258 Å². The van der Waals surface area contributed by atoms with Gasteiger partial charge in [-0.3, -0.25) is 13.9 Å². The minimum atomic E-state index is -3.69. The number of nitrogens with one attached hydrogen (secondary N) is 1. The fraction of sp³-hybridized carbons (Fsp3) is 0.394. The van der Waals surface area contributed by atoms with Crippen molar-refractivity contribution in [3.63, 3.8) is 0 Å². The van der Waals surface area contributed by atoms with Crippen LogP contribution in [0.1, 0.15) is 49.7 Å². The highest BCUT2D eigenvalue weighted by molar-refractivity contribution is 7.92. The van der Waals surface area contributed by atoms with E-state index in [0.717, 1.165) is 37.5 Å². The van der Waals surface area contributed by atoms with Gasteiger partial charge in [0.15, 0.2) is 11.5 Å². The van der Waals surface area contributed by atoms with Crippen LogP contribution < -0.4 is 19.1 Å². The van der Waals surface area contributed by atoms with Crippen LogP contribution in [-0.2, 0) is 32.6 Å². The quantitative estimate of drug-likeness (QED) is 0.293. The lowest BCUT2D eigenvalue weighted by Crippen LogP contribution is -2.52. The van der Waals surface area contributed by atoms with Gasteiger partial charge >= 0.3 is 0 Å². The molecule has 1 aliphatic carbocycles. The fourth-order valence-electron chi connectivity index (χ4n) is 5.78. The first kappa shape index (κ1) is 31.3. The number of sulfonamides is 1. The first-order valence-corrected chi connectivity index (χ1v) is 16.8. The maximum atomic E-state index is 14.9.